The minimum Gasteiger partial charge on any atom is -0.373 e. The molecule has 1 aliphatic carbocycles. The first kappa shape index (κ1) is 13.6. The van der Waals surface area contributed by atoms with Crippen molar-refractivity contribution in [2.24, 2.45) is 0 Å². The van der Waals surface area contributed by atoms with Crippen molar-refractivity contribution in [3.8, 4) is 0 Å². The maximum atomic E-state index is 6.04. The first-order valence-electron chi connectivity index (χ1n) is 7.27. The summed E-state index contributed by atoms with van der Waals surface area (Å²) >= 11 is 0. The zero-order valence-corrected chi connectivity index (χ0v) is 11.4. The molecule has 0 aliphatic heterocycles. The largest absolute Gasteiger partial charge is 0.373 e. The number of rotatable bonds is 6. The van der Waals surface area contributed by atoms with Crippen LogP contribution in [0.5, 0.6) is 0 Å². The second-order valence-corrected chi connectivity index (χ2v) is 5.24. The first-order valence-corrected chi connectivity index (χ1v) is 7.27. The highest BCUT2D eigenvalue weighted by atomic mass is 16.5. The molecule has 2 unspecified atom stereocenters. The summed E-state index contributed by atoms with van der Waals surface area (Å²) in [5.41, 5.74) is 1.28. The zero-order chi connectivity index (χ0) is 12.6. The van der Waals surface area contributed by atoms with E-state index in [0.29, 0.717) is 12.1 Å². The van der Waals surface area contributed by atoms with E-state index in [9.17, 15) is 0 Å². The van der Waals surface area contributed by atoms with Crippen LogP contribution in [0.4, 0.5) is 0 Å². The molecule has 18 heavy (non-hydrogen) atoms. The van der Waals surface area contributed by atoms with Gasteiger partial charge in [-0.25, -0.2) is 0 Å². The van der Waals surface area contributed by atoms with E-state index in [2.05, 4.69) is 42.6 Å². The van der Waals surface area contributed by atoms with Crippen molar-refractivity contribution in [1.29, 1.82) is 0 Å². The summed E-state index contributed by atoms with van der Waals surface area (Å²) < 4.78 is 6.04. The smallest absolute Gasteiger partial charge is 0.0720 e. The molecular formula is C16H25NO. The second kappa shape index (κ2) is 7.55. The van der Waals surface area contributed by atoms with Gasteiger partial charge < -0.3 is 10.1 Å². The highest BCUT2D eigenvalue weighted by molar-refractivity contribution is 5.13. The van der Waals surface area contributed by atoms with Crippen LogP contribution in [-0.4, -0.2) is 18.7 Å². The molecule has 0 heterocycles. The van der Waals surface area contributed by atoms with Crippen LogP contribution in [-0.2, 0) is 11.3 Å². The lowest BCUT2D eigenvalue weighted by Crippen LogP contribution is -2.37. The lowest BCUT2D eigenvalue weighted by atomic mass is 9.92. The molecule has 0 aromatic heterocycles. The topological polar surface area (TPSA) is 21.3 Å². The van der Waals surface area contributed by atoms with Crippen LogP contribution in [0.3, 0.4) is 0 Å². The lowest BCUT2D eigenvalue weighted by molar-refractivity contribution is 0.00856. The van der Waals surface area contributed by atoms with E-state index in [-0.39, 0.29) is 0 Å². The lowest BCUT2D eigenvalue weighted by Gasteiger charge is -2.30. The second-order valence-electron chi connectivity index (χ2n) is 5.24. The van der Waals surface area contributed by atoms with E-state index >= 15 is 0 Å². The van der Waals surface area contributed by atoms with Gasteiger partial charge in [0, 0.05) is 6.04 Å². The summed E-state index contributed by atoms with van der Waals surface area (Å²) in [6, 6.07) is 11.1. The van der Waals surface area contributed by atoms with Gasteiger partial charge in [0.2, 0.25) is 0 Å². The Kier molecular flexibility index (Phi) is 5.69. The van der Waals surface area contributed by atoms with Gasteiger partial charge in [0.25, 0.3) is 0 Å². The fourth-order valence-corrected chi connectivity index (χ4v) is 2.62. The third kappa shape index (κ3) is 4.43. The number of nitrogens with one attached hydrogen (secondary N) is 1. The summed E-state index contributed by atoms with van der Waals surface area (Å²) in [5, 5.41) is 3.62. The molecule has 2 atom stereocenters. The van der Waals surface area contributed by atoms with Crippen molar-refractivity contribution in [2.75, 3.05) is 6.54 Å². The van der Waals surface area contributed by atoms with E-state index in [4.69, 9.17) is 4.74 Å². The van der Waals surface area contributed by atoms with Crippen molar-refractivity contribution < 1.29 is 4.74 Å². The van der Waals surface area contributed by atoms with E-state index < -0.39 is 0 Å². The van der Waals surface area contributed by atoms with Gasteiger partial charge >= 0.3 is 0 Å². The van der Waals surface area contributed by atoms with Gasteiger partial charge in [0.05, 0.1) is 12.7 Å². The molecule has 2 nitrogen and oxygen atoms in total. The van der Waals surface area contributed by atoms with Crippen LogP contribution in [0.25, 0.3) is 0 Å². The Morgan fingerprint density at radius 2 is 2.06 bits per heavy atom. The van der Waals surface area contributed by atoms with Crippen molar-refractivity contribution >= 4 is 0 Å². The van der Waals surface area contributed by atoms with Gasteiger partial charge in [-0.1, -0.05) is 37.3 Å². The Hall–Kier alpha value is -0.860. The predicted octanol–water partition coefficient (Wildman–Crippen LogP) is 3.51. The van der Waals surface area contributed by atoms with Gasteiger partial charge in [-0.05, 0) is 44.2 Å². The Labute approximate surface area is 111 Å². The monoisotopic (exact) mass is 247 g/mol. The number of benzene rings is 1. The SMILES string of the molecule is CCCNC1CCCC(OCc2ccccc2)C1. The van der Waals surface area contributed by atoms with Gasteiger partial charge in [-0.3, -0.25) is 0 Å². The van der Waals surface area contributed by atoms with Crippen LogP contribution in [0.15, 0.2) is 30.3 Å². The van der Waals surface area contributed by atoms with Crippen LogP contribution >= 0.6 is 0 Å². The standard InChI is InChI=1S/C16H25NO/c1-2-11-17-15-9-6-10-16(12-15)18-13-14-7-4-3-5-8-14/h3-5,7-8,15-17H,2,6,9-13H2,1H3. The zero-order valence-electron chi connectivity index (χ0n) is 11.4. The van der Waals surface area contributed by atoms with E-state index in [1.807, 2.05) is 0 Å². The highest BCUT2D eigenvalue weighted by Crippen LogP contribution is 2.22. The van der Waals surface area contributed by atoms with Gasteiger partial charge in [0.1, 0.15) is 0 Å². The van der Waals surface area contributed by atoms with Crippen molar-refractivity contribution in [1.82, 2.24) is 5.32 Å². The van der Waals surface area contributed by atoms with Crippen LogP contribution in [0, 0.1) is 0 Å². The number of hydrogen-bond donors (Lipinski definition) is 1. The minimum atomic E-state index is 0.438. The number of hydrogen-bond acceptors (Lipinski definition) is 2. The van der Waals surface area contributed by atoms with Crippen molar-refractivity contribution in [2.45, 2.75) is 57.8 Å². The molecule has 0 radical (unpaired) electrons. The molecule has 2 rings (SSSR count). The van der Waals surface area contributed by atoms with Crippen molar-refractivity contribution in [3.05, 3.63) is 35.9 Å². The van der Waals surface area contributed by atoms with Crippen LogP contribution in [0.1, 0.15) is 44.6 Å². The van der Waals surface area contributed by atoms with Crippen molar-refractivity contribution in [3.63, 3.8) is 0 Å². The summed E-state index contributed by atoms with van der Waals surface area (Å²) in [6.45, 7) is 4.11. The Balaban J connectivity index is 1.72. The molecule has 2 heteroatoms. The molecule has 0 saturated heterocycles. The molecule has 1 fully saturated rings. The maximum Gasteiger partial charge on any atom is 0.0720 e. The molecule has 0 amide bonds. The highest BCUT2D eigenvalue weighted by Gasteiger charge is 2.21. The van der Waals surface area contributed by atoms with Crippen LogP contribution < -0.4 is 5.32 Å². The van der Waals surface area contributed by atoms with Gasteiger partial charge in [-0.15, -0.1) is 0 Å². The minimum absolute atomic E-state index is 0.438. The Morgan fingerprint density at radius 3 is 2.83 bits per heavy atom. The first-order chi connectivity index (χ1) is 8.88. The van der Waals surface area contributed by atoms with E-state index in [1.54, 1.807) is 0 Å². The van der Waals surface area contributed by atoms with E-state index in [1.165, 1.54) is 37.7 Å². The van der Waals surface area contributed by atoms with Crippen LogP contribution in [0.2, 0.25) is 0 Å². The third-order valence-corrected chi connectivity index (χ3v) is 3.64. The summed E-state index contributed by atoms with van der Waals surface area (Å²) in [7, 11) is 0. The average Bonchev–Trinajstić information content (AvgIpc) is 2.44. The molecular weight excluding hydrogens is 222 g/mol. The third-order valence-electron chi connectivity index (χ3n) is 3.64. The van der Waals surface area contributed by atoms with Gasteiger partial charge in [0.15, 0.2) is 0 Å². The predicted molar refractivity (Wildman–Crippen MR) is 75.6 cm³/mol. The molecule has 100 valence electrons. The fraction of sp³-hybridized carbons (Fsp3) is 0.625. The molecule has 1 aromatic rings. The van der Waals surface area contributed by atoms with E-state index in [0.717, 1.165) is 13.2 Å². The Bertz CT molecular complexity index is 325. The molecule has 1 aliphatic rings. The maximum absolute atomic E-state index is 6.04. The summed E-state index contributed by atoms with van der Waals surface area (Å²) in [4.78, 5) is 0. The molecule has 0 spiro atoms. The molecule has 0 bridgehead atoms. The van der Waals surface area contributed by atoms with Gasteiger partial charge in [-0.2, -0.15) is 0 Å². The Morgan fingerprint density at radius 1 is 1.22 bits per heavy atom. The fourth-order valence-electron chi connectivity index (χ4n) is 2.62. The summed E-state index contributed by atoms with van der Waals surface area (Å²) in [5.74, 6) is 0. The molecule has 1 aromatic carbocycles. The molecule has 1 saturated carbocycles. The average molecular weight is 247 g/mol. The molecule has 1 N–H and O–H groups in total. The summed E-state index contributed by atoms with van der Waals surface area (Å²) in [6.07, 6.45) is 6.65. The quantitative estimate of drug-likeness (QED) is 0.830. The number of ether oxygens (including phenoxy) is 1. The normalized spacial score (nSPS) is 24.1.